The summed E-state index contributed by atoms with van der Waals surface area (Å²) in [5, 5.41) is 3.35. The van der Waals surface area contributed by atoms with Crippen molar-refractivity contribution in [2.24, 2.45) is 0 Å². The van der Waals surface area contributed by atoms with Crippen molar-refractivity contribution in [2.75, 3.05) is 5.32 Å². The van der Waals surface area contributed by atoms with Crippen molar-refractivity contribution in [3.05, 3.63) is 46.1 Å². The fraction of sp³-hybridized carbons (Fsp3) is 0.231. The monoisotopic (exact) mass is 265 g/mol. The summed E-state index contributed by atoms with van der Waals surface area (Å²) in [6, 6.07) is 4.90. The maximum absolute atomic E-state index is 13.7. The molecule has 0 atom stereocenters. The van der Waals surface area contributed by atoms with Gasteiger partial charge in [-0.1, -0.05) is 23.7 Å². The predicted molar refractivity (Wildman–Crippen MR) is 70.9 cm³/mol. The molecule has 0 aliphatic carbocycles. The van der Waals surface area contributed by atoms with Crippen LogP contribution < -0.4 is 5.32 Å². The van der Waals surface area contributed by atoms with Gasteiger partial charge in [-0.3, -0.25) is 0 Å². The molecule has 0 aliphatic rings. The standard InChI is InChI=1S/C13H13ClFN3/c1-7-5-4-6-10(15)11(7)18-13-8(2)12(14)16-9(3)17-13/h4-6H,1-3H3,(H,16,17,18). The van der Waals surface area contributed by atoms with Crippen molar-refractivity contribution in [3.8, 4) is 0 Å². The van der Waals surface area contributed by atoms with E-state index in [1.165, 1.54) is 6.07 Å². The Kier molecular flexibility index (Phi) is 3.48. The number of anilines is 2. The molecule has 0 spiro atoms. The molecular formula is C13H13ClFN3. The van der Waals surface area contributed by atoms with Crippen molar-refractivity contribution in [2.45, 2.75) is 20.8 Å². The molecule has 1 N–H and O–H groups in total. The second-order valence-corrected chi connectivity index (χ2v) is 4.45. The Morgan fingerprint density at radius 1 is 1.17 bits per heavy atom. The summed E-state index contributed by atoms with van der Waals surface area (Å²) in [5.74, 6) is 0.754. The van der Waals surface area contributed by atoms with E-state index in [1.54, 1.807) is 19.9 Å². The van der Waals surface area contributed by atoms with Gasteiger partial charge in [0.05, 0.1) is 5.69 Å². The van der Waals surface area contributed by atoms with Gasteiger partial charge in [0.25, 0.3) is 0 Å². The van der Waals surface area contributed by atoms with E-state index in [-0.39, 0.29) is 5.82 Å². The van der Waals surface area contributed by atoms with Crippen LogP contribution in [0, 0.1) is 26.6 Å². The zero-order chi connectivity index (χ0) is 13.3. The summed E-state index contributed by atoms with van der Waals surface area (Å²) in [7, 11) is 0. The molecular weight excluding hydrogens is 253 g/mol. The molecule has 0 fully saturated rings. The first-order valence-electron chi connectivity index (χ1n) is 5.52. The summed E-state index contributed by atoms with van der Waals surface area (Å²) in [6.07, 6.45) is 0. The summed E-state index contributed by atoms with van der Waals surface area (Å²) in [6.45, 7) is 5.36. The minimum atomic E-state index is -0.318. The van der Waals surface area contributed by atoms with Crippen LogP contribution >= 0.6 is 11.6 Å². The molecule has 3 nitrogen and oxygen atoms in total. The first-order chi connectivity index (χ1) is 8.49. The second kappa shape index (κ2) is 4.90. The minimum absolute atomic E-state index is 0.318. The molecule has 5 heteroatoms. The molecule has 0 aliphatic heterocycles. The summed E-state index contributed by atoms with van der Waals surface area (Å²) in [4.78, 5) is 8.28. The van der Waals surface area contributed by atoms with Crippen LogP contribution in [0.2, 0.25) is 5.15 Å². The second-order valence-electron chi connectivity index (χ2n) is 4.09. The summed E-state index contributed by atoms with van der Waals surface area (Å²) >= 11 is 5.98. The fourth-order valence-corrected chi connectivity index (χ4v) is 1.84. The lowest BCUT2D eigenvalue weighted by atomic mass is 10.2. The van der Waals surface area contributed by atoms with Crippen LogP contribution in [0.5, 0.6) is 0 Å². The lowest BCUT2D eigenvalue weighted by Crippen LogP contribution is -2.03. The number of aromatic nitrogens is 2. The molecule has 94 valence electrons. The third-order valence-electron chi connectivity index (χ3n) is 2.66. The van der Waals surface area contributed by atoms with Crippen LogP contribution in [-0.2, 0) is 0 Å². The number of hydrogen-bond acceptors (Lipinski definition) is 3. The zero-order valence-corrected chi connectivity index (χ0v) is 11.1. The van der Waals surface area contributed by atoms with Crippen molar-refractivity contribution in [1.82, 2.24) is 9.97 Å². The molecule has 2 rings (SSSR count). The van der Waals surface area contributed by atoms with Crippen molar-refractivity contribution < 1.29 is 4.39 Å². The zero-order valence-electron chi connectivity index (χ0n) is 10.4. The van der Waals surface area contributed by atoms with Crippen LogP contribution in [-0.4, -0.2) is 9.97 Å². The van der Waals surface area contributed by atoms with E-state index in [9.17, 15) is 4.39 Å². The van der Waals surface area contributed by atoms with Crippen LogP contribution in [0.4, 0.5) is 15.9 Å². The molecule has 0 saturated carbocycles. The van der Waals surface area contributed by atoms with Crippen molar-refractivity contribution in [1.29, 1.82) is 0 Å². The molecule has 0 radical (unpaired) electrons. The van der Waals surface area contributed by atoms with Gasteiger partial charge in [-0.15, -0.1) is 0 Å². The largest absolute Gasteiger partial charge is 0.337 e. The van der Waals surface area contributed by atoms with E-state index in [1.807, 2.05) is 13.0 Å². The summed E-state index contributed by atoms with van der Waals surface area (Å²) < 4.78 is 13.7. The first-order valence-corrected chi connectivity index (χ1v) is 5.89. The smallest absolute Gasteiger partial charge is 0.146 e. The fourth-order valence-electron chi connectivity index (χ4n) is 1.62. The topological polar surface area (TPSA) is 37.8 Å². The van der Waals surface area contributed by atoms with Gasteiger partial charge in [0.1, 0.15) is 22.6 Å². The molecule has 0 saturated heterocycles. The van der Waals surface area contributed by atoms with Crippen molar-refractivity contribution in [3.63, 3.8) is 0 Å². The highest BCUT2D eigenvalue weighted by molar-refractivity contribution is 6.30. The third kappa shape index (κ3) is 2.43. The highest BCUT2D eigenvalue weighted by atomic mass is 35.5. The van der Waals surface area contributed by atoms with Crippen LogP contribution in [0.15, 0.2) is 18.2 Å². The van der Waals surface area contributed by atoms with Gasteiger partial charge < -0.3 is 5.32 Å². The molecule has 0 amide bonds. The highest BCUT2D eigenvalue weighted by Crippen LogP contribution is 2.26. The number of para-hydroxylation sites is 1. The van der Waals surface area contributed by atoms with Gasteiger partial charge in [0, 0.05) is 5.56 Å². The number of hydrogen-bond donors (Lipinski definition) is 1. The number of benzene rings is 1. The number of halogens is 2. The van der Waals surface area contributed by atoms with Crippen LogP contribution in [0.25, 0.3) is 0 Å². The lowest BCUT2D eigenvalue weighted by molar-refractivity contribution is 0.630. The Hall–Kier alpha value is -1.68. The Balaban J connectivity index is 2.46. The van der Waals surface area contributed by atoms with Gasteiger partial charge >= 0.3 is 0 Å². The normalized spacial score (nSPS) is 10.5. The highest BCUT2D eigenvalue weighted by Gasteiger charge is 2.11. The van der Waals surface area contributed by atoms with E-state index in [2.05, 4.69) is 15.3 Å². The minimum Gasteiger partial charge on any atom is -0.337 e. The molecule has 0 bridgehead atoms. The Bertz CT molecular complexity index is 579. The van der Waals surface area contributed by atoms with Crippen LogP contribution in [0.1, 0.15) is 17.0 Å². The predicted octanol–water partition coefficient (Wildman–Crippen LogP) is 3.94. The molecule has 0 unspecified atom stereocenters. The number of nitrogens with zero attached hydrogens (tertiary/aromatic N) is 2. The first kappa shape index (κ1) is 12.8. The molecule has 1 aromatic carbocycles. The third-order valence-corrected chi connectivity index (χ3v) is 3.03. The Morgan fingerprint density at radius 2 is 1.89 bits per heavy atom. The Morgan fingerprint density at radius 3 is 2.56 bits per heavy atom. The van der Waals surface area contributed by atoms with Crippen molar-refractivity contribution >= 4 is 23.1 Å². The lowest BCUT2D eigenvalue weighted by Gasteiger charge is -2.12. The quantitative estimate of drug-likeness (QED) is 0.836. The number of aryl methyl sites for hydroxylation is 2. The number of nitrogens with one attached hydrogen (secondary N) is 1. The molecule has 2 aromatic rings. The van der Waals surface area contributed by atoms with Crippen LogP contribution in [0.3, 0.4) is 0 Å². The number of rotatable bonds is 2. The Labute approximate surface area is 110 Å². The maximum atomic E-state index is 13.7. The summed E-state index contributed by atoms with van der Waals surface area (Å²) in [5.41, 5.74) is 1.92. The van der Waals surface area contributed by atoms with E-state index < -0.39 is 0 Å². The van der Waals surface area contributed by atoms with Gasteiger partial charge in [-0.05, 0) is 32.4 Å². The SMILES string of the molecule is Cc1nc(Cl)c(C)c(Nc2c(C)cccc2F)n1. The molecule has 1 heterocycles. The van der Waals surface area contributed by atoms with Gasteiger partial charge in [0.2, 0.25) is 0 Å². The van der Waals surface area contributed by atoms with E-state index >= 15 is 0 Å². The van der Waals surface area contributed by atoms with E-state index in [4.69, 9.17) is 11.6 Å². The average Bonchev–Trinajstić information content (AvgIpc) is 2.30. The van der Waals surface area contributed by atoms with Gasteiger partial charge in [-0.25, -0.2) is 14.4 Å². The van der Waals surface area contributed by atoms with Gasteiger partial charge in [0.15, 0.2) is 0 Å². The average molecular weight is 266 g/mol. The van der Waals surface area contributed by atoms with E-state index in [0.29, 0.717) is 28.0 Å². The molecule has 18 heavy (non-hydrogen) atoms. The van der Waals surface area contributed by atoms with Gasteiger partial charge in [-0.2, -0.15) is 0 Å². The van der Waals surface area contributed by atoms with E-state index in [0.717, 1.165) is 5.56 Å². The maximum Gasteiger partial charge on any atom is 0.146 e. The molecule has 1 aromatic heterocycles.